The Balaban J connectivity index is 1.93. The Labute approximate surface area is 69.6 Å². The molecule has 1 aliphatic carbocycles. The second-order valence-electron chi connectivity index (χ2n) is 4.70. The van der Waals surface area contributed by atoms with Gasteiger partial charge in [-0.25, -0.2) is 0 Å². The van der Waals surface area contributed by atoms with E-state index in [-0.39, 0.29) is 0 Å². The number of rotatable bonds is 2. The third-order valence-corrected chi connectivity index (χ3v) is 3.94. The molecule has 2 fully saturated rings. The van der Waals surface area contributed by atoms with E-state index in [1.54, 1.807) is 0 Å². The van der Waals surface area contributed by atoms with Crippen molar-refractivity contribution >= 4 is 0 Å². The Morgan fingerprint density at radius 1 is 1.45 bits per heavy atom. The Hall–Kier alpha value is -0.0400. The average Bonchev–Trinajstić information content (AvgIpc) is 2.54. The molecule has 0 radical (unpaired) electrons. The van der Waals surface area contributed by atoms with Crippen LogP contribution in [0.3, 0.4) is 0 Å². The van der Waals surface area contributed by atoms with E-state index < -0.39 is 0 Å². The van der Waals surface area contributed by atoms with Crippen LogP contribution in [0.4, 0.5) is 0 Å². The molecule has 11 heavy (non-hydrogen) atoms. The highest BCUT2D eigenvalue weighted by atomic mass is 14.9. The monoisotopic (exact) mass is 153 g/mol. The minimum Gasteiger partial charge on any atom is -0.316 e. The Kier molecular flexibility index (Phi) is 1.71. The van der Waals surface area contributed by atoms with Crippen LogP contribution in [0.1, 0.15) is 33.1 Å². The second kappa shape index (κ2) is 2.48. The summed E-state index contributed by atoms with van der Waals surface area (Å²) in [5, 5.41) is 3.45. The van der Waals surface area contributed by atoms with Gasteiger partial charge in [-0.05, 0) is 49.6 Å². The number of hydrogen-bond donors (Lipinski definition) is 1. The molecule has 0 bridgehead atoms. The lowest BCUT2D eigenvalue weighted by atomic mass is 9.81. The molecule has 2 aliphatic rings. The van der Waals surface area contributed by atoms with Crippen LogP contribution in [0, 0.1) is 17.3 Å². The molecule has 1 saturated carbocycles. The van der Waals surface area contributed by atoms with Crippen LogP contribution in [0.15, 0.2) is 0 Å². The van der Waals surface area contributed by atoms with Crippen molar-refractivity contribution in [1.29, 1.82) is 0 Å². The van der Waals surface area contributed by atoms with E-state index in [0.29, 0.717) is 0 Å². The van der Waals surface area contributed by atoms with Crippen molar-refractivity contribution in [2.24, 2.45) is 17.3 Å². The lowest BCUT2D eigenvalue weighted by Gasteiger charge is -2.24. The third kappa shape index (κ3) is 1.31. The first-order valence-electron chi connectivity index (χ1n) is 4.93. The molecule has 2 atom stereocenters. The van der Waals surface area contributed by atoms with Gasteiger partial charge in [0.25, 0.3) is 0 Å². The zero-order valence-corrected chi connectivity index (χ0v) is 7.69. The first-order valence-corrected chi connectivity index (χ1v) is 4.93. The van der Waals surface area contributed by atoms with E-state index in [0.717, 1.165) is 17.3 Å². The Bertz CT molecular complexity index is 143. The molecule has 1 saturated heterocycles. The fraction of sp³-hybridized carbons (Fsp3) is 1.00. The smallest absolute Gasteiger partial charge is 0.00173 e. The van der Waals surface area contributed by atoms with Gasteiger partial charge in [0.15, 0.2) is 0 Å². The molecule has 0 aromatic carbocycles. The molecule has 0 aromatic rings. The van der Waals surface area contributed by atoms with Crippen molar-refractivity contribution < 1.29 is 0 Å². The molecule has 1 nitrogen and oxygen atoms in total. The lowest BCUT2D eigenvalue weighted by Crippen LogP contribution is -2.22. The first-order chi connectivity index (χ1) is 5.22. The fourth-order valence-electron chi connectivity index (χ4n) is 2.33. The van der Waals surface area contributed by atoms with Gasteiger partial charge in [0.2, 0.25) is 0 Å². The summed E-state index contributed by atoms with van der Waals surface area (Å²) in [4.78, 5) is 0. The van der Waals surface area contributed by atoms with Gasteiger partial charge >= 0.3 is 0 Å². The Morgan fingerprint density at radius 3 is 2.64 bits per heavy atom. The summed E-state index contributed by atoms with van der Waals surface area (Å²) in [5.41, 5.74) is 0.733. The van der Waals surface area contributed by atoms with E-state index in [9.17, 15) is 0 Å². The maximum absolute atomic E-state index is 3.45. The normalized spacial score (nSPS) is 37.1. The van der Waals surface area contributed by atoms with Crippen molar-refractivity contribution in [3.63, 3.8) is 0 Å². The number of nitrogens with one attached hydrogen (secondary N) is 1. The molecule has 64 valence electrons. The van der Waals surface area contributed by atoms with Gasteiger partial charge in [-0.1, -0.05) is 13.8 Å². The van der Waals surface area contributed by atoms with Crippen LogP contribution in [0.2, 0.25) is 0 Å². The standard InChI is InChI=1S/C10H19N/c1-8(10(2)4-5-10)9-3-6-11-7-9/h8-9,11H,3-7H2,1-2H3. The van der Waals surface area contributed by atoms with Crippen LogP contribution in [-0.2, 0) is 0 Å². The maximum atomic E-state index is 3.45. The van der Waals surface area contributed by atoms with E-state index in [1.807, 2.05) is 0 Å². The molecule has 2 unspecified atom stereocenters. The summed E-state index contributed by atoms with van der Waals surface area (Å²) in [6, 6.07) is 0. The maximum Gasteiger partial charge on any atom is -0.00173 e. The SMILES string of the molecule is CC(C1CCNC1)C1(C)CC1. The molecule has 1 N–H and O–H groups in total. The largest absolute Gasteiger partial charge is 0.316 e. The summed E-state index contributed by atoms with van der Waals surface area (Å²) >= 11 is 0. The van der Waals surface area contributed by atoms with Crippen LogP contribution in [0.25, 0.3) is 0 Å². The highest BCUT2D eigenvalue weighted by molar-refractivity contribution is 4.96. The summed E-state index contributed by atoms with van der Waals surface area (Å²) in [7, 11) is 0. The summed E-state index contributed by atoms with van der Waals surface area (Å²) in [5.74, 6) is 1.93. The zero-order valence-electron chi connectivity index (χ0n) is 7.69. The van der Waals surface area contributed by atoms with E-state index in [2.05, 4.69) is 19.2 Å². The van der Waals surface area contributed by atoms with Crippen molar-refractivity contribution in [1.82, 2.24) is 5.32 Å². The van der Waals surface area contributed by atoms with Crippen molar-refractivity contribution in [3.05, 3.63) is 0 Å². The van der Waals surface area contributed by atoms with Crippen LogP contribution in [0.5, 0.6) is 0 Å². The molecule has 1 aliphatic heterocycles. The van der Waals surface area contributed by atoms with Gasteiger partial charge in [0.1, 0.15) is 0 Å². The first kappa shape index (κ1) is 7.60. The fourth-order valence-corrected chi connectivity index (χ4v) is 2.33. The van der Waals surface area contributed by atoms with Gasteiger partial charge < -0.3 is 5.32 Å². The summed E-state index contributed by atoms with van der Waals surface area (Å²) in [6.45, 7) is 7.43. The lowest BCUT2D eigenvalue weighted by molar-refractivity contribution is 0.258. The van der Waals surface area contributed by atoms with Crippen LogP contribution >= 0.6 is 0 Å². The predicted octanol–water partition coefficient (Wildman–Crippen LogP) is 2.03. The summed E-state index contributed by atoms with van der Waals surface area (Å²) < 4.78 is 0. The van der Waals surface area contributed by atoms with Crippen LogP contribution in [-0.4, -0.2) is 13.1 Å². The van der Waals surface area contributed by atoms with Gasteiger partial charge in [0, 0.05) is 0 Å². The topological polar surface area (TPSA) is 12.0 Å². The molecule has 0 spiro atoms. The van der Waals surface area contributed by atoms with Gasteiger partial charge in [-0.3, -0.25) is 0 Å². The van der Waals surface area contributed by atoms with E-state index >= 15 is 0 Å². The van der Waals surface area contributed by atoms with Crippen LogP contribution < -0.4 is 5.32 Å². The molecular formula is C10H19N. The Morgan fingerprint density at radius 2 is 2.18 bits per heavy atom. The van der Waals surface area contributed by atoms with Crippen molar-refractivity contribution in [3.8, 4) is 0 Å². The molecule has 2 rings (SSSR count). The van der Waals surface area contributed by atoms with Crippen molar-refractivity contribution in [2.45, 2.75) is 33.1 Å². The number of hydrogen-bond acceptors (Lipinski definition) is 1. The average molecular weight is 153 g/mol. The van der Waals surface area contributed by atoms with E-state index in [1.165, 1.54) is 32.4 Å². The molecular weight excluding hydrogens is 134 g/mol. The van der Waals surface area contributed by atoms with E-state index in [4.69, 9.17) is 0 Å². The van der Waals surface area contributed by atoms with Gasteiger partial charge in [-0.15, -0.1) is 0 Å². The van der Waals surface area contributed by atoms with Gasteiger partial charge in [0.05, 0.1) is 0 Å². The third-order valence-electron chi connectivity index (χ3n) is 3.94. The minimum absolute atomic E-state index is 0.733. The van der Waals surface area contributed by atoms with Gasteiger partial charge in [-0.2, -0.15) is 0 Å². The highest BCUT2D eigenvalue weighted by Crippen LogP contribution is 2.54. The molecule has 1 heteroatoms. The van der Waals surface area contributed by atoms with Crippen molar-refractivity contribution in [2.75, 3.05) is 13.1 Å². The molecule has 0 amide bonds. The zero-order chi connectivity index (χ0) is 7.90. The second-order valence-corrected chi connectivity index (χ2v) is 4.70. The molecule has 0 aromatic heterocycles. The minimum atomic E-state index is 0.733. The predicted molar refractivity (Wildman–Crippen MR) is 47.5 cm³/mol. The summed E-state index contributed by atoms with van der Waals surface area (Å²) in [6.07, 6.45) is 4.37. The highest BCUT2D eigenvalue weighted by Gasteiger charge is 2.45. The molecule has 1 heterocycles. The quantitative estimate of drug-likeness (QED) is 0.640.